The van der Waals surface area contributed by atoms with Crippen molar-refractivity contribution in [1.82, 2.24) is 4.98 Å². The van der Waals surface area contributed by atoms with E-state index in [0.29, 0.717) is 15.7 Å². The Labute approximate surface area is 96.5 Å². The van der Waals surface area contributed by atoms with Crippen molar-refractivity contribution in [3.63, 3.8) is 0 Å². The number of pyridine rings is 1. The number of sulfone groups is 1. The van der Waals surface area contributed by atoms with Gasteiger partial charge in [-0.2, -0.15) is 0 Å². The van der Waals surface area contributed by atoms with Gasteiger partial charge in [0.15, 0.2) is 9.84 Å². The summed E-state index contributed by atoms with van der Waals surface area (Å²) in [6, 6.07) is 0. The fraction of sp³-hybridized carbons (Fsp3) is 0.375. The van der Waals surface area contributed by atoms with E-state index < -0.39 is 9.84 Å². The quantitative estimate of drug-likeness (QED) is 0.749. The van der Waals surface area contributed by atoms with Crippen molar-refractivity contribution in [3.05, 3.63) is 20.9 Å². The Balaban J connectivity index is 3.70. The summed E-state index contributed by atoms with van der Waals surface area (Å²) < 4.78 is 23.5. The van der Waals surface area contributed by atoms with Crippen LogP contribution in [-0.4, -0.2) is 19.7 Å². The average molecular weight is 299 g/mol. The van der Waals surface area contributed by atoms with E-state index in [-0.39, 0.29) is 10.0 Å². The molecular formula is C8H9BrClNO2S. The first-order chi connectivity index (χ1) is 6.25. The molecule has 0 spiro atoms. The zero-order chi connectivity index (χ0) is 11.1. The van der Waals surface area contributed by atoms with Crippen molar-refractivity contribution in [1.29, 1.82) is 0 Å². The van der Waals surface area contributed by atoms with E-state index in [4.69, 9.17) is 11.6 Å². The average Bonchev–Trinajstić information content (AvgIpc) is 1.97. The number of hydrogen-bond acceptors (Lipinski definition) is 3. The molecule has 0 radical (unpaired) electrons. The van der Waals surface area contributed by atoms with Crippen molar-refractivity contribution < 1.29 is 8.42 Å². The van der Waals surface area contributed by atoms with Crippen LogP contribution in [0.25, 0.3) is 0 Å². The van der Waals surface area contributed by atoms with Crippen LogP contribution in [0.1, 0.15) is 11.3 Å². The third-order valence-electron chi connectivity index (χ3n) is 1.81. The topological polar surface area (TPSA) is 47.0 Å². The Morgan fingerprint density at radius 3 is 2.29 bits per heavy atom. The second-order valence-electron chi connectivity index (χ2n) is 3.03. The Morgan fingerprint density at radius 1 is 1.36 bits per heavy atom. The fourth-order valence-electron chi connectivity index (χ4n) is 1.20. The number of hydrogen-bond donors (Lipinski definition) is 0. The molecule has 0 aliphatic heterocycles. The van der Waals surface area contributed by atoms with Gasteiger partial charge in [-0.25, -0.2) is 13.4 Å². The number of aromatic nitrogens is 1. The molecule has 0 saturated carbocycles. The van der Waals surface area contributed by atoms with Gasteiger partial charge in [0, 0.05) is 10.7 Å². The molecule has 1 rings (SSSR count). The third kappa shape index (κ3) is 2.10. The van der Waals surface area contributed by atoms with Gasteiger partial charge in [0.1, 0.15) is 10.0 Å². The second kappa shape index (κ2) is 3.79. The molecule has 0 atom stereocenters. The maximum atomic E-state index is 11.4. The fourth-order valence-corrected chi connectivity index (χ4v) is 3.32. The Bertz CT molecular complexity index is 485. The number of nitrogens with zero attached hydrogens (tertiary/aromatic N) is 1. The lowest BCUT2D eigenvalue weighted by molar-refractivity contribution is 0.600. The van der Waals surface area contributed by atoms with Crippen LogP contribution in [0.4, 0.5) is 0 Å². The van der Waals surface area contributed by atoms with Crippen molar-refractivity contribution in [2.75, 3.05) is 6.26 Å². The van der Waals surface area contributed by atoms with Crippen LogP contribution >= 0.6 is 27.5 Å². The highest BCUT2D eigenvalue weighted by Gasteiger charge is 2.19. The summed E-state index contributed by atoms with van der Waals surface area (Å²) in [6.45, 7) is 3.45. The zero-order valence-electron chi connectivity index (χ0n) is 7.93. The lowest BCUT2D eigenvalue weighted by Gasteiger charge is -2.09. The molecule has 1 heterocycles. The first-order valence-corrected chi connectivity index (χ1v) is 6.83. The summed E-state index contributed by atoms with van der Waals surface area (Å²) in [4.78, 5) is 4.03. The maximum absolute atomic E-state index is 11.4. The first kappa shape index (κ1) is 11.9. The molecule has 1 aromatic rings. The van der Waals surface area contributed by atoms with Crippen molar-refractivity contribution in [3.8, 4) is 0 Å². The summed E-state index contributed by atoms with van der Waals surface area (Å²) in [5.41, 5.74) is 1.28. The molecule has 78 valence electrons. The van der Waals surface area contributed by atoms with Crippen molar-refractivity contribution in [2.45, 2.75) is 18.7 Å². The second-order valence-corrected chi connectivity index (χ2v) is 6.13. The molecule has 0 N–H and O–H groups in total. The number of aryl methyl sites for hydroxylation is 1. The van der Waals surface area contributed by atoms with Crippen molar-refractivity contribution in [2.24, 2.45) is 0 Å². The van der Waals surface area contributed by atoms with Crippen LogP contribution in [-0.2, 0) is 9.84 Å². The van der Waals surface area contributed by atoms with Crippen LogP contribution < -0.4 is 0 Å². The molecule has 0 saturated heterocycles. The lowest BCUT2D eigenvalue weighted by Crippen LogP contribution is -2.04. The van der Waals surface area contributed by atoms with Crippen LogP contribution in [0.15, 0.2) is 9.37 Å². The molecule has 0 amide bonds. The molecule has 0 bridgehead atoms. The first-order valence-electron chi connectivity index (χ1n) is 3.77. The van der Waals surface area contributed by atoms with Gasteiger partial charge in [0.25, 0.3) is 0 Å². The molecule has 0 fully saturated rings. The van der Waals surface area contributed by atoms with Gasteiger partial charge >= 0.3 is 0 Å². The summed E-state index contributed by atoms with van der Waals surface area (Å²) >= 11 is 9.05. The smallest absolute Gasteiger partial charge is 0.178 e. The van der Waals surface area contributed by atoms with E-state index in [1.165, 1.54) is 0 Å². The third-order valence-corrected chi connectivity index (χ3v) is 4.61. The highest BCUT2D eigenvalue weighted by Crippen LogP contribution is 2.30. The molecule has 0 aromatic carbocycles. The minimum absolute atomic E-state index is 0.0331. The van der Waals surface area contributed by atoms with Crippen molar-refractivity contribution >= 4 is 37.4 Å². The summed E-state index contributed by atoms with van der Waals surface area (Å²) in [5.74, 6) is 0. The van der Waals surface area contributed by atoms with Crippen LogP contribution in [0, 0.1) is 13.8 Å². The van der Waals surface area contributed by atoms with Crippen LogP contribution in [0.2, 0.25) is 5.15 Å². The molecule has 14 heavy (non-hydrogen) atoms. The number of halogens is 2. The van der Waals surface area contributed by atoms with E-state index in [1.807, 2.05) is 0 Å². The van der Waals surface area contributed by atoms with Gasteiger partial charge in [-0.3, -0.25) is 0 Å². The van der Waals surface area contributed by atoms with Gasteiger partial charge in [0.2, 0.25) is 0 Å². The lowest BCUT2D eigenvalue weighted by atomic mass is 10.2. The summed E-state index contributed by atoms with van der Waals surface area (Å²) in [5, 5.41) is 0.0331. The normalized spacial score (nSPS) is 11.8. The molecule has 0 unspecified atom stereocenters. The van der Waals surface area contributed by atoms with E-state index in [2.05, 4.69) is 20.9 Å². The van der Waals surface area contributed by atoms with Gasteiger partial charge in [-0.1, -0.05) is 11.6 Å². The highest BCUT2D eigenvalue weighted by atomic mass is 79.9. The highest BCUT2D eigenvalue weighted by molar-refractivity contribution is 9.10. The Kier molecular flexibility index (Phi) is 3.23. The molecule has 0 aliphatic carbocycles. The SMILES string of the molecule is Cc1nc(Cl)c(S(C)(=O)=O)c(C)c1Br. The van der Waals surface area contributed by atoms with Gasteiger partial charge < -0.3 is 0 Å². The van der Waals surface area contributed by atoms with E-state index in [0.717, 1.165) is 6.26 Å². The van der Waals surface area contributed by atoms with Gasteiger partial charge in [-0.05, 0) is 35.3 Å². The zero-order valence-corrected chi connectivity index (χ0v) is 11.1. The minimum Gasteiger partial charge on any atom is -0.239 e. The van der Waals surface area contributed by atoms with Gasteiger partial charge in [-0.15, -0.1) is 0 Å². The predicted octanol–water partition coefficient (Wildman–Crippen LogP) is 2.52. The van der Waals surface area contributed by atoms with Crippen LogP contribution in [0.5, 0.6) is 0 Å². The van der Waals surface area contributed by atoms with E-state index >= 15 is 0 Å². The standard InChI is InChI=1S/C8H9BrClNO2S/c1-4-6(9)5(2)11-8(10)7(4)14(3,12)13/h1-3H3. The Morgan fingerprint density at radius 2 is 1.86 bits per heavy atom. The summed E-state index contributed by atoms with van der Waals surface area (Å²) in [7, 11) is -3.33. The maximum Gasteiger partial charge on any atom is 0.178 e. The Hall–Kier alpha value is -0.130. The minimum atomic E-state index is -3.33. The van der Waals surface area contributed by atoms with Gasteiger partial charge in [0.05, 0.1) is 5.69 Å². The molecule has 6 heteroatoms. The summed E-state index contributed by atoms with van der Waals surface area (Å²) in [6.07, 6.45) is 1.12. The molecular weight excluding hydrogens is 290 g/mol. The molecule has 3 nitrogen and oxygen atoms in total. The van der Waals surface area contributed by atoms with Crippen LogP contribution in [0.3, 0.4) is 0 Å². The monoisotopic (exact) mass is 297 g/mol. The predicted molar refractivity (Wildman–Crippen MR) is 59.5 cm³/mol. The largest absolute Gasteiger partial charge is 0.239 e. The van der Waals surface area contributed by atoms with E-state index in [9.17, 15) is 8.42 Å². The molecule has 0 aliphatic rings. The molecule has 1 aromatic heterocycles. The number of rotatable bonds is 1. The van der Waals surface area contributed by atoms with E-state index in [1.54, 1.807) is 13.8 Å².